The van der Waals surface area contributed by atoms with Crippen molar-refractivity contribution in [2.75, 3.05) is 52.4 Å². The second-order valence-corrected chi connectivity index (χ2v) is 7.40. The molecule has 6 heteroatoms. The zero-order chi connectivity index (χ0) is 19.6. The lowest BCUT2D eigenvalue weighted by Gasteiger charge is -2.36. The third-order valence-corrected chi connectivity index (χ3v) is 5.10. The first kappa shape index (κ1) is 20.4. The molecule has 0 aromatic heterocycles. The van der Waals surface area contributed by atoms with E-state index in [0.29, 0.717) is 13.1 Å². The average Bonchev–Trinajstić information content (AvgIpc) is 3.57. The zero-order valence-electron chi connectivity index (χ0n) is 16.9. The molecule has 2 fully saturated rings. The lowest BCUT2D eigenvalue weighted by molar-refractivity contribution is -0.122. The van der Waals surface area contributed by atoms with Crippen LogP contribution in [-0.4, -0.2) is 74.0 Å². The van der Waals surface area contributed by atoms with E-state index in [9.17, 15) is 4.79 Å². The topological polar surface area (TPSA) is 60.0 Å². The largest absolute Gasteiger partial charge is 0.357 e. The summed E-state index contributed by atoms with van der Waals surface area (Å²) in [5, 5.41) is 6.37. The second-order valence-electron chi connectivity index (χ2n) is 7.40. The molecule has 1 aromatic carbocycles. The number of rotatable bonds is 8. The maximum absolute atomic E-state index is 11.7. The normalized spacial score (nSPS) is 18.5. The van der Waals surface area contributed by atoms with Gasteiger partial charge in [0.2, 0.25) is 5.91 Å². The van der Waals surface area contributed by atoms with Gasteiger partial charge in [0, 0.05) is 51.7 Å². The minimum absolute atomic E-state index is 0.192. The van der Waals surface area contributed by atoms with E-state index in [-0.39, 0.29) is 11.8 Å². The molecule has 1 saturated carbocycles. The number of hydrogen-bond donors (Lipinski definition) is 2. The van der Waals surface area contributed by atoms with Crippen molar-refractivity contribution in [1.29, 1.82) is 0 Å². The van der Waals surface area contributed by atoms with Gasteiger partial charge in [0.05, 0.1) is 6.54 Å². The number of carbonyl (C=O) groups excluding carboxylic acids is 1. The summed E-state index contributed by atoms with van der Waals surface area (Å²) >= 11 is 0. The fourth-order valence-corrected chi connectivity index (χ4v) is 3.30. The van der Waals surface area contributed by atoms with Gasteiger partial charge in [-0.2, -0.15) is 0 Å². The summed E-state index contributed by atoms with van der Waals surface area (Å²) in [4.78, 5) is 21.2. The number of carbonyl (C=O) groups is 1. The van der Waals surface area contributed by atoms with Gasteiger partial charge in [-0.3, -0.25) is 14.7 Å². The highest BCUT2D eigenvalue weighted by molar-refractivity contribution is 5.81. The van der Waals surface area contributed by atoms with E-state index in [2.05, 4.69) is 63.8 Å². The third-order valence-electron chi connectivity index (χ3n) is 5.10. The van der Waals surface area contributed by atoms with Gasteiger partial charge in [-0.05, 0) is 25.3 Å². The number of piperazine rings is 1. The van der Waals surface area contributed by atoms with Gasteiger partial charge < -0.3 is 15.5 Å². The molecule has 0 atom stereocenters. The average molecular weight is 384 g/mol. The third kappa shape index (κ3) is 6.68. The smallest absolute Gasteiger partial charge is 0.223 e. The van der Waals surface area contributed by atoms with E-state index in [1.165, 1.54) is 5.56 Å². The van der Waals surface area contributed by atoms with E-state index in [1.807, 2.05) is 6.07 Å². The lowest BCUT2D eigenvalue weighted by Crippen LogP contribution is -2.52. The Morgan fingerprint density at radius 2 is 1.89 bits per heavy atom. The van der Waals surface area contributed by atoms with Gasteiger partial charge in [-0.25, -0.2) is 0 Å². The maximum atomic E-state index is 11.7. The Kier molecular flexibility index (Phi) is 7.91. The highest BCUT2D eigenvalue weighted by atomic mass is 16.2. The minimum atomic E-state index is 0.192. The molecule has 0 radical (unpaired) electrons. The first-order chi connectivity index (χ1) is 13.8. The van der Waals surface area contributed by atoms with Crippen LogP contribution >= 0.6 is 0 Å². The van der Waals surface area contributed by atoms with Crippen LogP contribution in [0.4, 0.5) is 0 Å². The summed E-state index contributed by atoms with van der Waals surface area (Å²) in [7, 11) is 0. The number of aliphatic imine (C=N–C) groups is 1. The number of amides is 1. The number of nitrogens with zero attached hydrogens (tertiary/aromatic N) is 3. The molecule has 152 valence electrons. The molecule has 1 heterocycles. The Labute approximate surface area is 168 Å². The molecule has 0 unspecified atom stereocenters. The van der Waals surface area contributed by atoms with Crippen LogP contribution in [0.1, 0.15) is 25.3 Å². The van der Waals surface area contributed by atoms with Crippen LogP contribution in [0.25, 0.3) is 6.08 Å². The lowest BCUT2D eigenvalue weighted by atomic mass is 10.2. The van der Waals surface area contributed by atoms with Crippen LogP contribution in [0.2, 0.25) is 0 Å². The molecule has 2 N–H and O–H groups in total. The standard InChI is InChI=1S/C22H33N5O/c1-2-23-22(25-13-12-24-21(28)20-10-11-20)27-17-15-26(16-18-27)14-6-9-19-7-4-3-5-8-19/h3-9,20H,2,10-18H2,1H3,(H,23,25)(H,24,28). The predicted octanol–water partition coefficient (Wildman–Crippen LogP) is 1.81. The Bertz CT molecular complexity index is 661. The van der Waals surface area contributed by atoms with Gasteiger partial charge >= 0.3 is 0 Å². The first-order valence-electron chi connectivity index (χ1n) is 10.5. The van der Waals surface area contributed by atoms with Crippen molar-refractivity contribution < 1.29 is 4.79 Å². The molecule has 1 aliphatic heterocycles. The Balaban J connectivity index is 1.39. The van der Waals surface area contributed by atoms with Gasteiger partial charge in [-0.15, -0.1) is 0 Å². The van der Waals surface area contributed by atoms with Crippen LogP contribution in [0.15, 0.2) is 41.4 Å². The fourth-order valence-electron chi connectivity index (χ4n) is 3.30. The van der Waals surface area contributed by atoms with E-state index >= 15 is 0 Å². The molecule has 0 spiro atoms. The number of nitrogens with one attached hydrogen (secondary N) is 2. The summed E-state index contributed by atoms with van der Waals surface area (Å²) in [6.45, 7) is 9.17. The monoisotopic (exact) mass is 383 g/mol. The molecule has 2 aliphatic rings. The molecule has 0 bridgehead atoms. The Morgan fingerprint density at radius 3 is 2.57 bits per heavy atom. The summed E-state index contributed by atoms with van der Waals surface area (Å²) in [5.41, 5.74) is 1.25. The van der Waals surface area contributed by atoms with E-state index in [0.717, 1.165) is 58.1 Å². The van der Waals surface area contributed by atoms with Gasteiger partial charge in [0.15, 0.2) is 5.96 Å². The minimum Gasteiger partial charge on any atom is -0.357 e. The zero-order valence-corrected chi connectivity index (χ0v) is 16.9. The molecule has 1 amide bonds. The van der Waals surface area contributed by atoms with Crippen LogP contribution in [0.5, 0.6) is 0 Å². The van der Waals surface area contributed by atoms with Crippen molar-refractivity contribution in [3.05, 3.63) is 42.0 Å². The summed E-state index contributed by atoms with van der Waals surface area (Å²) in [5.74, 6) is 1.42. The second kappa shape index (κ2) is 10.9. The summed E-state index contributed by atoms with van der Waals surface area (Å²) < 4.78 is 0. The molecule has 28 heavy (non-hydrogen) atoms. The van der Waals surface area contributed by atoms with E-state index in [4.69, 9.17) is 4.99 Å². The van der Waals surface area contributed by atoms with Crippen molar-refractivity contribution >= 4 is 17.9 Å². The number of benzene rings is 1. The molecule has 6 nitrogen and oxygen atoms in total. The molecule has 1 aromatic rings. The fraction of sp³-hybridized carbons (Fsp3) is 0.545. The van der Waals surface area contributed by atoms with Crippen molar-refractivity contribution in [3.63, 3.8) is 0 Å². The highest BCUT2D eigenvalue weighted by Gasteiger charge is 2.29. The van der Waals surface area contributed by atoms with Crippen molar-refractivity contribution in [1.82, 2.24) is 20.4 Å². The summed E-state index contributed by atoms with van der Waals surface area (Å²) in [6, 6.07) is 10.4. The van der Waals surface area contributed by atoms with Crippen LogP contribution in [0.3, 0.4) is 0 Å². The Morgan fingerprint density at radius 1 is 1.14 bits per heavy atom. The number of hydrogen-bond acceptors (Lipinski definition) is 3. The van der Waals surface area contributed by atoms with Crippen molar-refractivity contribution in [3.8, 4) is 0 Å². The van der Waals surface area contributed by atoms with Crippen molar-refractivity contribution in [2.45, 2.75) is 19.8 Å². The van der Waals surface area contributed by atoms with Gasteiger partial charge in [0.25, 0.3) is 0 Å². The van der Waals surface area contributed by atoms with Crippen LogP contribution in [0, 0.1) is 5.92 Å². The predicted molar refractivity (Wildman–Crippen MR) is 115 cm³/mol. The van der Waals surface area contributed by atoms with E-state index < -0.39 is 0 Å². The van der Waals surface area contributed by atoms with E-state index in [1.54, 1.807) is 0 Å². The van der Waals surface area contributed by atoms with Crippen molar-refractivity contribution in [2.24, 2.45) is 10.9 Å². The first-order valence-corrected chi connectivity index (χ1v) is 10.5. The molecular weight excluding hydrogens is 350 g/mol. The highest BCUT2D eigenvalue weighted by Crippen LogP contribution is 2.28. The summed E-state index contributed by atoms with van der Waals surface area (Å²) in [6.07, 6.45) is 6.52. The quantitative estimate of drug-likeness (QED) is 0.408. The SMILES string of the molecule is CCNC(=NCCNC(=O)C1CC1)N1CCN(CC=Cc2ccccc2)CC1. The number of guanidine groups is 1. The molecule has 3 rings (SSSR count). The van der Waals surface area contributed by atoms with Gasteiger partial charge in [0.1, 0.15) is 0 Å². The molecular formula is C22H33N5O. The maximum Gasteiger partial charge on any atom is 0.223 e. The van der Waals surface area contributed by atoms with Gasteiger partial charge in [-0.1, -0.05) is 42.5 Å². The van der Waals surface area contributed by atoms with Crippen LogP contribution in [-0.2, 0) is 4.79 Å². The molecule has 1 aliphatic carbocycles. The van der Waals surface area contributed by atoms with Crippen LogP contribution < -0.4 is 10.6 Å². The Hall–Kier alpha value is -2.34. The molecule has 1 saturated heterocycles.